The number of benzene rings is 1. The Morgan fingerprint density at radius 3 is 2.81 bits per heavy atom. The van der Waals surface area contributed by atoms with Crippen molar-refractivity contribution >= 4 is 17.6 Å². The van der Waals surface area contributed by atoms with Gasteiger partial charge in [0.15, 0.2) is 0 Å². The molecular formula is C11H9ClFNO2. The maximum atomic E-state index is 13.4. The Morgan fingerprint density at radius 2 is 2.31 bits per heavy atom. The van der Waals surface area contributed by atoms with Gasteiger partial charge in [-0.25, -0.2) is 4.39 Å². The largest absolute Gasteiger partial charge is 0.469 e. The number of hydrogen-bond acceptors (Lipinski definition) is 3. The first-order valence-electron chi connectivity index (χ1n) is 4.46. The van der Waals surface area contributed by atoms with Crippen molar-refractivity contribution in [3.05, 3.63) is 34.6 Å². The molecule has 0 bridgehead atoms. The van der Waals surface area contributed by atoms with Crippen LogP contribution in [0.1, 0.15) is 16.7 Å². The normalized spacial score (nSPS) is 9.62. The lowest BCUT2D eigenvalue weighted by atomic mass is 10.0. The molecule has 3 nitrogen and oxygen atoms in total. The van der Waals surface area contributed by atoms with Gasteiger partial charge in [0.05, 0.1) is 19.1 Å². The van der Waals surface area contributed by atoms with Crippen molar-refractivity contribution in [2.45, 2.75) is 12.3 Å². The molecule has 0 spiro atoms. The highest BCUT2D eigenvalue weighted by molar-refractivity contribution is 6.17. The summed E-state index contributed by atoms with van der Waals surface area (Å²) in [4.78, 5) is 11.0. The molecule has 0 heterocycles. The Morgan fingerprint density at radius 1 is 1.62 bits per heavy atom. The molecule has 0 amide bonds. The minimum absolute atomic E-state index is 0.0226. The van der Waals surface area contributed by atoms with Gasteiger partial charge in [0.1, 0.15) is 11.9 Å². The van der Waals surface area contributed by atoms with E-state index in [1.807, 2.05) is 0 Å². The van der Waals surface area contributed by atoms with E-state index in [4.69, 9.17) is 16.9 Å². The summed E-state index contributed by atoms with van der Waals surface area (Å²) in [6.07, 6.45) is -0.0387. The molecule has 16 heavy (non-hydrogen) atoms. The predicted octanol–water partition coefficient (Wildman–Crippen LogP) is 2.15. The van der Waals surface area contributed by atoms with E-state index in [9.17, 15) is 9.18 Å². The van der Waals surface area contributed by atoms with Gasteiger partial charge in [0.25, 0.3) is 0 Å². The number of rotatable bonds is 3. The second-order valence-electron chi connectivity index (χ2n) is 3.11. The predicted molar refractivity (Wildman–Crippen MR) is 56.4 cm³/mol. The molecule has 84 valence electrons. The molecule has 1 rings (SSSR count). The molecule has 0 saturated heterocycles. The molecule has 0 radical (unpaired) electrons. The van der Waals surface area contributed by atoms with Crippen molar-refractivity contribution in [2.24, 2.45) is 0 Å². The van der Waals surface area contributed by atoms with Gasteiger partial charge in [-0.1, -0.05) is 6.07 Å². The standard InChI is InChI=1S/C11H9ClFNO2/c1-16-11(15)4-7-2-8(5-12)9(6-14)10(13)3-7/h2-3H,4-5H2,1H3. The van der Waals surface area contributed by atoms with Gasteiger partial charge in [0, 0.05) is 5.88 Å². The van der Waals surface area contributed by atoms with Crippen molar-refractivity contribution in [3.63, 3.8) is 0 Å². The van der Waals surface area contributed by atoms with Crippen LogP contribution in [0.2, 0.25) is 0 Å². The van der Waals surface area contributed by atoms with E-state index in [1.54, 1.807) is 6.07 Å². The summed E-state index contributed by atoms with van der Waals surface area (Å²) in [5.74, 6) is -1.11. The van der Waals surface area contributed by atoms with Crippen LogP contribution >= 0.6 is 11.6 Å². The van der Waals surface area contributed by atoms with Crippen LogP contribution in [-0.4, -0.2) is 13.1 Å². The Labute approximate surface area is 97.4 Å². The molecule has 5 heteroatoms. The van der Waals surface area contributed by atoms with Crippen molar-refractivity contribution in [1.82, 2.24) is 0 Å². The fraction of sp³-hybridized carbons (Fsp3) is 0.273. The van der Waals surface area contributed by atoms with Gasteiger partial charge in [-0.3, -0.25) is 4.79 Å². The zero-order chi connectivity index (χ0) is 12.1. The first-order valence-corrected chi connectivity index (χ1v) is 5.00. The number of carbonyl (C=O) groups excluding carboxylic acids is 1. The molecule has 0 N–H and O–H groups in total. The molecule has 0 aliphatic carbocycles. The summed E-state index contributed by atoms with van der Waals surface area (Å²) >= 11 is 5.59. The molecule has 1 aromatic rings. The summed E-state index contributed by atoms with van der Waals surface area (Å²) in [6, 6.07) is 4.41. The zero-order valence-electron chi connectivity index (χ0n) is 8.59. The minimum atomic E-state index is -0.667. The molecule has 0 unspecified atom stereocenters. The van der Waals surface area contributed by atoms with Crippen LogP contribution in [0, 0.1) is 17.1 Å². The first kappa shape index (κ1) is 12.5. The van der Waals surface area contributed by atoms with E-state index in [-0.39, 0.29) is 17.9 Å². The maximum Gasteiger partial charge on any atom is 0.309 e. The van der Waals surface area contributed by atoms with Crippen molar-refractivity contribution in [3.8, 4) is 6.07 Å². The van der Waals surface area contributed by atoms with Crippen LogP contribution in [0.3, 0.4) is 0 Å². The molecule has 0 aliphatic heterocycles. The number of alkyl halides is 1. The second-order valence-corrected chi connectivity index (χ2v) is 3.38. The highest BCUT2D eigenvalue weighted by Crippen LogP contribution is 2.18. The number of nitrogens with zero attached hydrogens (tertiary/aromatic N) is 1. The van der Waals surface area contributed by atoms with Crippen molar-refractivity contribution < 1.29 is 13.9 Å². The molecular weight excluding hydrogens is 233 g/mol. The lowest BCUT2D eigenvalue weighted by molar-refractivity contribution is -0.139. The topological polar surface area (TPSA) is 50.1 Å². The van der Waals surface area contributed by atoms with Crippen LogP contribution in [0.4, 0.5) is 4.39 Å². The average molecular weight is 242 g/mol. The van der Waals surface area contributed by atoms with Gasteiger partial charge >= 0.3 is 5.97 Å². The number of carbonyl (C=O) groups is 1. The number of nitriles is 1. The first-order chi connectivity index (χ1) is 7.62. The fourth-order valence-corrected chi connectivity index (χ4v) is 1.51. The molecule has 0 atom stereocenters. The van der Waals surface area contributed by atoms with Crippen molar-refractivity contribution in [1.29, 1.82) is 5.26 Å². The van der Waals surface area contributed by atoms with Gasteiger partial charge in [0.2, 0.25) is 0 Å². The zero-order valence-corrected chi connectivity index (χ0v) is 9.34. The monoisotopic (exact) mass is 241 g/mol. The van der Waals surface area contributed by atoms with Crippen molar-refractivity contribution in [2.75, 3.05) is 7.11 Å². The van der Waals surface area contributed by atoms with E-state index in [0.717, 1.165) is 6.07 Å². The summed E-state index contributed by atoms with van der Waals surface area (Å²) in [5, 5.41) is 8.71. The Kier molecular flexibility index (Phi) is 4.27. The third-order valence-electron chi connectivity index (χ3n) is 2.06. The molecule has 0 aromatic heterocycles. The van der Waals surface area contributed by atoms with Gasteiger partial charge < -0.3 is 4.74 Å². The number of esters is 1. The summed E-state index contributed by atoms with van der Waals surface area (Å²) in [5.41, 5.74) is 0.741. The molecule has 0 saturated carbocycles. The number of methoxy groups -OCH3 is 1. The number of hydrogen-bond donors (Lipinski definition) is 0. The Bertz CT molecular complexity index is 454. The lowest BCUT2D eigenvalue weighted by Gasteiger charge is -2.05. The molecule has 0 fully saturated rings. The quantitative estimate of drug-likeness (QED) is 0.602. The van der Waals surface area contributed by atoms with Gasteiger partial charge in [-0.15, -0.1) is 11.6 Å². The summed E-state index contributed by atoms with van der Waals surface area (Å²) < 4.78 is 17.9. The lowest BCUT2D eigenvalue weighted by Crippen LogP contribution is -2.06. The molecule has 1 aromatic carbocycles. The van der Waals surface area contributed by atoms with E-state index in [2.05, 4.69) is 4.74 Å². The van der Waals surface area contributed by atoms with Crippen LogP contribution < -0.4 is 0 Å². The van der Waals surface area contributed by atoms with E-state index in [0.29, 0.717) is 11.1 Å². The van der Waals surface area contributed by atoms with E-state index in [1.165, 1.54) is 13.2 Å². The maximum absolute atomic E-state index is 13.4. The molecule has 0 aliphatic rings. The SMILES string of the molecule is COC(=O)Cc1cc(F)c(C#N)c(CCl)c1. The Balaban J connectivity index is 3.11. The third-order valence-corrected chi connectivity index (χ3v) is 2.35. The highest BCUT2D eigenvalue weighted by atomic mass is 35.5. The second kappa shape index (κ2) is 5.47. The van der Waals surface area contributed by atoms with Gasteiger partial charge in [-0.05, 0) is 17.2 Å². The smallest absolute Gasteiger partial charge is 0.309 e. The van der Waals surface area contributed by atoms with Gasteiger partial charge in [-0.2, -0.15) is 5.26 Å². The Hall–Kier alpha value is -1.60. The van der Waals surface area contributed by atoms with Crippen LogP contribution in [0.5, 0.6) is 0 Å². The fourth-order valence-electron chi connectivity index (χ4n) is 1.30. The highest BCUT2D eigenvalue weighted by Gasteiger charge is 2.12. The third kappa shape index (κ3) is 2.71. The number of ether oxygens (including phenoxy) is 1. The van der Waals surface area contributed by atoms with Crippen LogP contribution in [0.25, 0.3) is 0 Å². The van der Waals surface area contributed by atoms with Crippen LogP contribution in [-0.2, 0) is 21.8 Å². The minimum Gasteiger partial charge on any atom is -0.469 e. The summed E-state index contributed by atoms with van der Waals surface area (Å²) in [7, 11) is 1.25. The van der Waals surface area contributed by atoms with Crippen LogP contribution in [0.15, 0.2) is 12.1 Å². The summed E-state index contributed by atoms with van der Waals surface area (Å²) in [6.45, 7) is 0. The average Bonchev–Trinajstić information content (AvgIpc) is 2.28. The van der Waals surface area contributed by atoms with E-state index >= 15 is 0 Å². The number of halogens is 2. The van der Waals surface area contributed by atoms with E-state index < -0.39 is 11.8 Å².